The molecule has 0 fully saturated rings. The van der Waals surface area contributed by atoms with Gasteiger partial charge in [-0.25, -0.2) is 4.98 Å². The topological polar surface area (TPSA) is 71.8 Å². The molecule has 0 bridgehead atoms. The number of halogens is 1. The van der Waals surface area contributed by atoms with Gasteiger partial charge in [-0.1, -0.05) is 0 Å². The number of nitro groups is 1. The average molecular weight is 270 g/mol. The van der Waals surface area contributed by atoms with E-state index in [-0.39, 0.29) is 5.69 Å². The normalized spacial score (nSPS) is 10.9. The summed E-state index contributed by atoms with van der Waals surface area (Å²) >= 11 is 3.22. The van der Waals surface area contributed by atoms with E-state index >= 15 is 0 Å². The molecule has 2 aromatic rings. The van der Waals surface area contributed by atoms with E-state index in [1.165, 1.54) is 0 Å². The number of benzene rings is 1. The van der Waals surface area contributed by atoms with E-state index in [2.05, 4.69) is 25.9 Å². The van der Waals surface area contributed by atoms with Crippen molar-refractivity contribution in [3.8, 4) is 0 Å². The third-order valence-corrected chi connectivity index (χ3v) is 3.17. The molecule has 0 aliphatic rings. The highest BCUT2D eigenvalue weighted by Crippen LogP contribution is 2.34. The van der Waals surface area contributed by atoms with Crippen LogP contribution in [0.4, 0.5) is 5.69 Å². The number of H-pyrrole nitrogens is 1. The summed E-state index contributed by atoms with van der Waals surface area (Å²) in [4.78, 5) is 17.6. The maximum atomic E-state index is 10.9. The van der Waals surface area contributed by atoms with Crippen LogP contribution in [-0.4, -0.2) is 14.9 Å². The maximum absolute atomic E-state index is 10.9. The molecule has 0 aliphatic carbocycles. The first-order chi connectivity index (χ1) is 7.00. The molecule has 0 amide bonds. The Labute approximate surface area is 93.8 Å². The molecule has 1 aromatic carbocycles. The van der Waals surface area contributed by atoms with Crippen LogP contribution in [0.15, 0.2) is 10.5 Å². The fourth-order valence-corrected chi connectivity index (χ4v) is 1.98. The fraction of sp³-hybridized carbons (Fsp3) is 0.222. The van der Waals surface area contributed by atoms with Crippen LogP contribution in [0.25, 0.3) is 11.0 Å². The molecule has 5 nitrogen and oxygen atoms in total. The molecule has 1 heterocycles. The van der Waals surface area contributed by atoms with Crippen molar-refractivity contribution in [2.45, 2.75) is 13.8 Å². The summed E-state index contributed by atoms with van der Waals surface area (Å²) < 4.78 is 0.492. The monoisotopic (exact) mass is 269 g/mol. The molecule has 15 heavy (non-hydrogen) atoms. The SMILES string of the molecule is Cc1nc2c([N+](=O)[O-])c(Br)c(C)cc2[nH]1. The van der Waals surface area contributed by atoms with Gasteiger partial charge in [-0.2, -0.15) is 0 Å². The Morgan fingerprint density at radius 2 is 2.20 bits per heavy atom. The number of nitrogens with zero attached hydrogens (tertiary/aromatic N) is 2. The molecule has 1 aromatic heterocycles. The Morgan fingerprint density at radius 1 is 1.53 bits per heavy atom. The van der Waals surface area contributed by atoms with E-state index in [1.54, 1.807) is 6.92 Å². The number of hydrogen-bond acceptors (Lipinski definition) is 3. The van der Waals surface area contributed by atoms with Gasteiger partial charge in [0.15, 0.2) is 5.52 Å². The van der Waals surface area contributed by atoms with Crippen molar-refractivity contribution in [3.05, 3.63) is 32.0 Å². The first-order valence-electron chi connectivity index (χ1n) is 4.30. The third-order valence-electron chi connectivity index (χ3n) is 2.17. The van der Waals surface area contributed by atoms with Gasteiger partial charge in [-0.3, -0.25) is 10.1 Å². The predicted octanol–water partition coefficient (Wildman–Crippen LogP) is 2.85. The molecular weight excluding hydrogens is 262 g/mol. The molecule has 0 radical (unpaired) electrons. The second-order valence-corrected chi connectivity index (χ2v) is 4.12. The molecule has 0 saturated carbocycles. The number of nitrogens with one attached hydrogen (secondary N) is 1. The largest absolute Gasteiger partial charge is 0.342 e. The standard InChI is InChI=1S/C9H8BrN3O2/c1-4-3-6-8(12-5(2)11-6)9(7(4)10)13(14)15/h3H,1-2H3,(H,11,12). The van der Waals surface area contributed by atoms with Gasteiger partial charge in [-0.15, -0.1) is 0 Å². The number of rotatable bonds is 1. The highest BCUT2D eigenvalue weighted by molar-refractivity contribution is 9.10. The summed E-state index contributed by atoms with van der Waals surface area (Å²) in [5.41, 5.74) is 1.93. The highest BCUT2D eigenvalue weighted by Gasteiger charge is 2.21. The Morgan fingerprint density at radius 3 is 2.80 bits per heavy atom. The Hall–Kier alpha value is -1.43. The summed E-state index contributed by atoms with van der Waals surface area (Å²) in [7, 11) is 0. The molecule has 1 N–H and O–H groups in total. The minimum Gasteiger partial charge on any atom is -0.342 e. The van der Waals surface area contributed by atoms with E-state index in [4.69, 9.17) is 0 Å². The van der Waals surface area contributed by atoms with Gasteiger partial charge in [0, 0.05) is 0 Å². The van der Waals surface area contributed by atoms with Gasteiger partial charge in [0.05, 0.1) is 10.4 Å². The van der Waals surface area contributed by atoms with E-state index in [9.17, 15) is 10.1 Å². The number of hydrogen-bond donors (Lipinski definition) is 1. The zero-order valence-corrected chi connectivity index (χ0v) is 9.75. The number of imidazole rings is 1. The van der Waals surface area contributed by atoms with Crippen LogP contribution in [-0.2, 0) is 0 Å². The van der Waals surface area contributed by atoms with Gasteiger partial charge in [0.25, 0.3) is 0 Å². The van der Waals surface area contributed by atoms with Crippen molar-refractivity contribution < 1.29 is 4.92 Å². The summed E-state index contributed by atoms with van der Waals surface area (Å²) in [6.45, 7) is 3.58. The molecule has 0 saturated heterocycles. The minimum atomic E-state index is -0.417. The van der Waals surface area contributed by atoms with Crippen LogP contribution in [0.2, 0.25) is 0 Å². The number of fused-ring (bicyclic) bond motifs is 1. The maximum Gasteiger partial charge on any atom is 0.311 e. The van der Waals surface area contributed by atoms with Crippen molar-refractivity contribution >= 4 is 32.7 Å². The Balaban J connectivity index is 2.94. The summed E-state index contributed by atoms with van der Waals surface area (Å²) in [5, 5.41) is 10.9. The van der Waals surface area contributed by atoms with Crippen LogP contribution < -0.4 is 0 Å². The van der Waals surface area contributed by atoms with Crippen LogP contribution in [0.1, 0.15) is 11.4 Å². The van der Waals surface area contributed by atoms with E-state index < -0.39 is 4.92 Å². The molecule has 0 spiro atoms. The summed E-state index contributed by atoms with van der Waals surface area (Å²) in [5.74, 6) is 0.672. The van der Waals surface area contributed by atoms with Crippen molar-refractivity contribution in [2.75, 3.05) is 0 Å². The van der Waals surface area contributed by atoms with E-state index in [1.807, 2.05) is 13.0 Å². The lowest BCUT2D eigenvalue weighted by molar-refractivity contribution is -0.384. The Kier molecular flexibility index (Phi) is 2.22. The summed E-state index contributed by atoms with van der Waals surface area (Å²) in [6.07, 6.45) is 0. The first kappa shape index (κ1) is 10.1. The highest BCUT2D eigenvalue weighted by atomic mass is 79.9. The molecule has 2 rings (SSSR count). The van der Waals surface area contributed by atoms with Gasteiger partial charge in [0.2, 0.25) is 0 Å². The Bertz CT molecular complexity index is 562. The van der Waals surface area contributed by atoms with Gasteiger partial charge in [0.1, 0.15) is 10.3 Å². The van der Waals surface area contributed by atoms with Crippen molar-refractivity contribution in [2.24, 2.45) is 0 Å². The minimum absolute atomic E-state index is 0.0225. The predicted molar refractivity (Wildman–Crippen MR) is 59.9 cm³/mol. The zero-order chi connectivity index (χ0) is 11.2. The van der Waals surface area contributed by atoms with Crippen molar-refractivity contribution in [3.63, 3.8) is 0 Å². The molecule has 0 unspecified atom stereocenters. The van der Waals surface area contributed by atoms with Crippen molar-refractivity contribution in [1.82, 2.24) is 9.97 Å². The van der Waals surface area contributed by atoms with E-state index in [0.717, 1.165) is 5.56 Å². The van der Waals surface area contributed by atoms with Gasteiger partial charge < -0.3 is 4.98 Å². The quantitative estimate of drug-likeness (QED) is 0.639. The average Bonchev–Trinajstić information content (AvgIpc) is 2.46. The second-order valence-electron chi connectivity index (χ2n) is 3.33. The molecular formula is C9H8BrN3O2. The second kappa shape index (κ2) is 3.30. The molecule has 6 heteroatoms. The van der Waals surface area contributed by atoms with Crippen LogP contribution in [0, 0.1) is 24.0 Å². The van der Waals surface area contributed by atoms with Gasteiger partial charge >= 0.3 is 5.69 Å². The molecule has 0 atom stereocenters. The van der Waals surface area contributed by atoms with Gasteiger partial charge in [-0.05, 0) is 41.4 Å². The fourth-order valence-electron chi connectivity index (χ4n) is 1.53. The molecule has 78 valence electrons. The van der Waals surface area contributed by atoms with Crippen LogP contribution >= 0.6 is 15.9 Å². The van der Waals surface area contributed by atoms with Crippen LogP contribution in [0.3, 0.4) is 0 Å². The number of nitro benzene ring substituents is 1. The first-order valence-corrected chi connectivity index (χ1v) is 5.10. The number of aromatic nitrogens is 2. The van der Waals surface area contributed by atoms with Crippen molar-refractivity contribution in [1.29, 1.82) is 0 Å². The zero-order valence-electron chi connectivity index (χ0n) is 8.17. The summed E-state index contributed by atoms with van der Waals surface area (Å²) in [6, 6.07) is 1.84. The number of aryl methyl sites for hydroxylation is 2. The smallest absolute Gasteiger partial charge is 0.311 e. The third kappa shape index (κ3) is 1.50. The van der Waals surface area contributed by atoms with E-state index in [0.29, 0.717) is 21.3 Å². The lowest BCUT2D eigenvalue weighted by Gasteiger charge is -1.99. The lowest BCUT2D eigenvalue weighted by Crippen LogP contribution is -1.93. The van der Waals surface area contributed by atoms with Crippen LogP contribution in [0.5, 0.6) is 0 Å². The molecule has 0 aliphatic heterocycles. The number of aromatic amines is 1. The lowest BCUT2D eigenvalue weighted by atomic mass is 10.2.